The van der Waals surface area contributed by atoms with Gasteiger partial charge >= 0.3 is 6.03 Å². The number of amides is 2. The number of nitrogens with one attached hydrogen (secondary N) is 2. The molecular formula is C15H13N3O2. The maximum Gasteiger partial charge on any atom is 0.320 e. The van der Waals surface area contributed by atoms with Gasteiger partial charge in [-0.15, -0.1) is 0 Å². The number of fused-ring (bicyclic) bond motifs is 1. The molecule has 20 heavy (non-hydrogen) atoms. The van der Waals surface area contributed by atoms with E-state index < -0.39 is 0 Å². The van der Waals surface area contributed by atoms with Gasteiger partial charge in [0.25, 0.3) is 0 Å². The number of nitrogens with zero attached hydrogens (tertiary/aromatic N) is 1. The van der Waals surface area contributed by atoms with Crippen LogP contribution in [0.3, 0.4) is 0 Å². The number of hydrogen-bond acceptors (Lipinski definition) is 3. The van der Waals surface area contributed by atoms with Crippen LogP contribution in [0.5, 0.6) is 0 Å². The first-order valence-corrected chi connectivity index (χ1v) is 6.33. The lowest BCUT2D eigenvalue weighted by atomic mass is 10.0. The lowest BCUT2D eigenvalue weighted by Gasteiger charge is -2.17. The predicted molar refractivity (Wildman–Crippen MR) is 75.3 cm³/mol. The normalized spacial score (nSPS) is 13.1. The first-order valence-electron chi connectivity index (χ1n) is 6.33. The molecule has 100 valence electrons. The molecule has 2 N–H and O–H groups in total. The minimum atomic E-state index is -0.226. The Kier molecular flexibility index (Phi) is 3.16. The standard InChI is InChI=1S/C15H13N3O2/c19-6-5-10-1-3-11(4-2-10)12-7-13-9-17-15(20)18-14(13)16-8-12/h1-4,6-8H,5,9H2,(H2,16,17,18,20). The Morgan fingerprint density at radius 2 is 2.00 bits per heavy atom. The zero-order chi connectivity index (χ0) is 13.9. The SMILES string of the molecule is O=CCc1ccc(-c2cnc3c(c2)CNC(=O)N3)cc1. The van der Waals surface area contributed by atoms with Gasteiger partial charge in [0, 0.05) is 30.3 Å². The summed E-state index contributed by atoms with van der Waals surface area (Å²) in [5.74, 6) is 0.607. The Morgan fingerprint density at radius 3 is 2.75 bits per heavy atom. The van der Waals surface area contributed by atoms with Crippen LogP contribution < -0.4 is 10.6 Å². The van der Waals surface area contributed by atoms with Crippen molar-refractivity contribution < 1.29 is 9.59 Å². The molecular weight excluding hydrogens is 254 g/mol. The van der Waals surface area contributed by atoms with Gasteiger partial charge in [-0.2, -0.15) is 0 Å². The third-order valence-electron chi connectivity index (χ3n) is 3.24. The average molecular weight is 267 g/mol. The van der Waals surface area contributed by atoms with Crippen LogP contribution in [0.1, 0.15) is 11.1 Å². The second-order valence-corrected chi connectivity index (χ2v) is 4.61. The van der Waals surface area contributed by atoms with Gasteiger partial charge in [0.05, 0.1) is 0 Å². The molecule has 0 aliphatic carbocycles. The zero-order valence-electron chi connectivity index (χ0n) is 10.7. The van der Waals surface area contributed by atoms with Crippen LogP contribution in [0.25, 0.3) is 11.1 Å². The summed E-state index contributed by atoms with van der Waals surface area (Å²) < 4.78 is 0. The second kappa shape index (κ2) is 5.13. The summed E-state index contributed by atoms with van der Waals surface area (Å²) in [7, 11) is 0. The van der Waals surface area contributed by atoms with Gasteiger partial charge in [-0.1, -0.05) is 24.3 Å². The van der Waals surface area contributed by atoms with E-state index in [9.17, 15) is 9.59 Å². The average Bonchev–Trinajstić information content (AvgIpc) is 2.48. The smallest absolute Gasteiger partial charge is 0.320 e. The van der Waals surface area contributed by atoms with E-state index in [1.807, 2.05) is 30.3 Å². The molecule has 1 aromatic carbocycles. The largest absolute Gasteiger partial charge is 0.334 e. The highest BCUT2D eigenvalue weighted by atomic mass is 16.2. The molecule has 0 saturated heterocycles. The second-order valence-electron chi connectivity index (χ2n) is 4.61. The van der Waals surface area contributed by atoms with Crippen molar-refractivity contribution in [2.45, 2.75) is 13.0 Å². The summed E-state index contributed by atoms with van der Waals surface area (Å²) in [5.41, 5.74) is 3.97. The Morgan fingerprint density at radius 1 is 1.20 bits per heavy atom. The van der Waals surface area contributed by atoms with Crippen LogP contribution in [0, 0.1) is 0 Å². The third-order valence-corrected chi connectivity index (χ3v) is 3.24. The fourth-order valence-electron chi connectivity index (χ4n) is 2.17. The van der Waals surface area contributed by atoms with E-state index in [-0.39, 0.29) is 6.03 Å². The lowest BCUT2D eigenvalue weighted by molar-refractivity contribution is -0.107. The molecule has 0 atom stereocenters. The number of carbonyl (C=O) groups excluding carboxylic acids is 2. The first kappa shape index (κ1) is 12.3. The maximum atomic E-state index is 11.2. The van der Waals surface area contributed by atoms with Gasteiger partial charge < -0.3 is 10.1 Å². The van der Waals surface area contributed by atoms with Crippen LogP contribution in [-0.2, 0) is 17.8 Å². The van der Waals surface area contributed by atoms with Crippen molar-refractivity contribution in [2.75, 3.05) is 5.32 Å². The quantitative estimate of drug-likeness (QED) is 0.837. The summed E-state index contributed by atoms with van der Waals surface area (Å²) in [5, 5.41) is 5.38. The van der Waals surface area contributed by atoms with Crippen LogP contribution >= 0.6 is 0 Å². The highest BCUT2D eigenvalue weighted by Gasteiger charge is 2.15. The fourth-order valence-corrected chi connectivity index (χ4v) is 2.17. The Labute approximate surface area is 116 Å². The molecule has 0 radical (unpaired) electrons. The van der Waals surface area contributed by atoms with Crippen molar-refractivity contribution in [2.24, 2.45) is 0 Å². The molecule has 0 bridgehead atoms. The minimum absolute atomic E-state index is 0.226. The van der Waals surface area contributed by atoms with E-state index in [0.717, 1.165) is 28.5 Å². The van der Waals surface area contributed by atoms with Gasteiger partial charge in [-0.05, 0) is 17.2 Å². The van der Waals surface area contributed by atoms with Crippen molar-refractivity contribution in [3.63, 3.8) is 0 Å². The van der Waals surface area contributed by atoms with E-state index in [1.165, 1.54) is 0 Å². The molecule has 1 aliphatic heterocycles. The number of rotatable bonds is 3. The van der Waals surface area contributed by atoms with Crippen molar-refractivity contribution in [3.8, 4) is 11.1 Å². The molecule has 1 aromatic heterocycles. The van der Waals surface area contributed by atoms with Crippen molar-refractivity contribution in [3.05, 3.63) is 47.7 Å². The van der Waals surface area contributed by atoms with E-state index in [2.05, 4.69) is 15.6 Å². The fraction of sp³-hybridized carbons (Fsp3) is 0.133. The number of carbonyl (C=O) groups is 2. The summed E-state index contributed by atoms with van der Waals surface area (Å²) in [4.78, 5) is 25.9. The predicted octanol–water partition coefficient (Wildman–Crippen LogP) is 2.13. The highest BCUT2D eigenvalue weighted by Crippen LogP contribution is 2.24. The maximum absolute atomic E-state index is 11.2. The van der Waals surface area contributed by atoms with E-state index >= 15 is 0 Å². The number of anilines is 1. The number of pyridine rings is 1. The number of urea groups is 1. The molecule has 2 aromatic rings. The lowest BCUT2D eigenvalue weighted by Crippen LogP contribution is -2.33. The zero-order valence-corrected chi connectivity index (χ0v) is 10.7. The van der Waals surface area contributed by atoms with Gasteiger partial charge in [-0.3, -0.25) is 5.32 Å². The van der Waals surface area contributed by atoms with Crippen molar-refractivity contribution in [1.29, 1.82) is 0 Å². The summed E-state index contributed by atoms with van der Waals surface area (Å²) in [6.45, 7) is 0.477. The van der Waals surface area contributed by atoms with Crippen LogP contribution in [0.15, 0.2) is 36.5 Å². The van der Waals surface area contributed by atoms with E-state index in [1.54, 1.807) is 6.20 Å². The van der Waals surface area contributed by atoms with E-state index in [4.69, 9.17) is 0 Å². The Hall–Kier alpha value is -2.69. The molecule has 0 unspecified atom stereocenters. The number of aldehydes is 1. The molecule has 5 heteroatoms. The number of hydrogen-bond donors (Lipinski definition) is 2. The van der Waals surface area contributed by atoms with E-state index in [0.29, 0.717) is 18.8 Å². The van der Waals surface area contributed by atoms with Gasteiger partial charge in [0.2, 0.25) is 0 Å². The molecule has 2 amide bonds. The highest BCUT2D eigenvalue weighted by molar-refractivity contribution is 5.91. The van der Waals surface area contributed by atoms with Crippen LogP contribution in [-0.4, -0.2) is 17.3 Å². The molecule has 3 rings (SSSR count). The van der Waals surface area contributed by atoms with Crippen molar-refractivity contribution >= 4 is 18.1 Å². The third kappa shape index (κ3) is 2.38. The first-order chi connectivity index (χ1) is 9.76. The topological polar surface area (TPSA) is 71.1 Å². The molecule has 1 aliphatic rings. The minimum Gasteiger partial charge on any atom is -0.334 e. The number of benzene rings is 1. The summed E-state index contributed by atoms with van der Waals surface area (Å²) >= 11 is 0. The van der Waals surface area contributed by atoms with Crippen LogP contribution in [0.2, 0.25) is 0 Å². The van der Waals surface area contributed by atoms with Gasteiger partial charge in [0.15, 0.2) is 0 Å². The molecule has 5 nitrogen and oxygen atoms in total. The summed E-state index contributed by atoms with van der Waals surface area (Å²) in [6.07, 6.45) is 3.06. The molecule has 0 saturated carbocycles. The van der Waals surface area contributed by atoms with Gasteiger partial charge in [0.1, 0.15) is 12.1 Å². The molecule has 0 spiro atoms. The number of aromatic nitrogens is 1. The monoisotopic (exact) mass is 267 g/mol. The Balaban J connectivity index is 1.90. The van der Waals surface area contributed by atoms with Crippen molar-refractivity contribution in [1.82, 2.24) is 10.3 Å². The Bertz CT molecular complexity index is 665. The van der Waals surface area contributed by atoms with Gasteiger partial charge in [-0.25, -0.2) is 9.78 Å². The van der Waals surface area contributed by atoms with Crippen LogP contribution in [0.4, 0.5) is 10.6 Å². The molecule has 0 fully saturated rings. The molecule has 2 heterocycles. The summed E-state index contributed by atoms with van der Waals surface area (Å²) in [6, 6.07) is 9.58.